The Kier molecular flexibility index (Phi) is 3.79. The van der Waals surface area contributed by atoms with Gasteiger partial charge in [0.05, 0.1) is 4.88 Å². The standard InChI is InChI=1S/C11H13N3S2/c1-8(2)5-7-16-11-12-10(13-14-11)9-4-3-6-15-9/h3-6H,7H2,1-2H3,(H,12,13,14). The molecule has 0 unspecified atom stereocenters. The molecule has 1 N–H and O–H groups in total. The van der Waals surface area contributed by atoms with E-state index >= 15 is 0 Å². The van der Waals surface area contributed by atoms with Gasteiger partial charge in [-0.1, -0.05) is 29.5 Å². The lowest BCUT2D eigenvalue weighted by molar-refractivity contribution is 0.975. The number of nitrogens with zero attached hydrogens (tertiary/aromatic N) is 2. The van der Waals surface area contributed by atoms with Crippen molar-refractivity contribution in [1.29, 1.82) is 0 Å². The van der Waals surface area contributed by atoms with Crippen LogP contribution in [-0.2, 0) is 0 Å². The molecule has 16 heavy (non-hydrogen) atoms. The molecule has 0 spiro atoms. The average molecular weight is 251 g/mol. The van der Waals surface area contributed by atoms with Crippen LogP contribution in [-0.4, -0.2) is 20.9 Å². The third-order valence-electron chi connectivity index (χ3n) is 1.92. The maximum absolute atomic E-state index is 4.43. The van der Waals surface area contributed by atoms with E-state index in [0.717, 1.165) is 21.6 Å². The lowest BCUT2D eigenvalue weighted by atomic mass is 10.3. The van der Waals surface area contributed by atoms with Crippen molar-refractivity contribution in [3.05, 3.63) is 29.2 Å². The summed E-state index contributed by atoms with van der Waals surface area (Å²) >= 11 is 3.30. The van der Waals surface area contributed by atoms with Crippen molar-refractivity contribution < 1.29 is 0 Å². The van der Waals surface area contributed by atoms with Crippen molar-refractivity contribution in [2.75, 3.05) is 5.75 Å². The fourth-order valence-electron chi connectivity index (χ4n) is 1.12. The van der Waals surface area contributed by atoms with Gasteiger partial charge >= 0.3 is 0 Å². The van der Waals surface area contributed by atoms with Gasteiger partial charge in [0, 0.05) is 5.75 Å². The minimum Gasteiger partial charge on any atom is -0.257 e. The molecule has 0 aliphatic heterocycles. The van der Waals surface area contributed by atoms with Gasteiger partial charge < -0.3 is 0 Å². The number of nitrogens with one attached hydrogen (secondary N) is 1. The van der Waals surface area contributed by atoms with Crippen molar-refractivity contribution in [3.8, 4) is 10.7 Å². The third-order valence-corrected chi connectivity index (χ3v) is 3.57. The molecule has 0 saturated carbocycles. The molecule has 0 radical (unpaired) electrons. The summed E-state index contributed by atoms with van der Waals surface area (Å²) in [5, 5.41) is 9.97. The Balaban J connectivity index is 2.00. The first-order valence-corrected chi connectivity index (χ1v) is 6.84. The van der Waals surface area contributed by atoms with Crippen LogP contribution in [0.25, 0.3) is 10.7 Å². The molecule has 0 fully saturated rings. The predicted molar refractivity (Wildman–Crippen MR) is 69.9 cm³/mol. The zero-order valence-corrected chi connectivity index (χ0v) is 10.9. The Bertz CT molecular complexity index is 467. The van der Waals surface area contributed by atoms with Crippen molar-refractivity contribution in [2.45, 2.75) is 19.0 Å². The van der Waals surface area contributed by atoms with E-state index in [-0.39, 0.29) is 0 Å². The van der Waals surface area contributed by atoms with Gasteiger partial charge in [0.25, 0.3) is 0 Å². The van der Waals surface area contributed by atoms with Gasteiger partial charge in [0.1, 0.15) is 0 Å². The number of hydrogen-bond donors (Lipinski definition) is 1. The van der Waals surface area contributed by atoms with Crippen LogP contribution in [0, 0.1) is 0 Å². The van der Waals surface area contributed by atoms with Crippen molar-refractivity contribution in [3.63, 3.8) is 0 Å². The minimum atomic E-state index is 0.806. The lowest BCUT2D eigenvalue weighted by Crippen LogP contribution is -1.78. The van der Waals surface area contributed by atoms with E-state index < -0.39 is 0 Å². The van der Waals surface area contributed by atoms with Crippen LogP contribution in [0.4, 0.5) is 0 Å². The molecule has 84 valence electrons. The molecule has 0 aliphatic carbocycles. The van der Waals surface area contributed by atoms with E-state index in [0.29, 0.717) is 0 Å². The second-order valence-corrected chi connectivity index (χ2v) is 5.47. The maximum Gasteiger partial charge on any atom is 0.209 e. The Morgan fingerprint density at radius 2 is 2.44 bits per heavy atom. The lowest BCUT2D eigenvalue weighted by Gasteiger charge is -1.90. The monoisotopic (exact) mass is 251 g/mol. The maximum atomic E-state index is 4.43. The normalized spacial score (nSPS) is 10.4. The third kappa shape index (κ3) is 2.96. The summed E-state index contributed by atoms with van der Waals surface area (Å²) in [6.45, 7) is 4.19. The summed E-state index contributed by atoms with van der Waals surface area (Å²) < 4.78 is 0. The molecular weight excluding hydrogens is 238 g/mol. The van der Waals surface area contributed by atoms with Gasteiger partial charge in [-0.05, 0) is 25.3 Å². The van der Waals surface area contributed by atoms with Gasteiger partial charge in [-0.3, -0.25) is 5.10 Å². The minimum absolute atomic E-state index is 0.806. The van der Waals surface area contributed by atoms with Gasteiger partial charge in [0.15, 0.2) is 5.82 Å². The quantitative estimate of drug-likeness (QED) is 0.667. The van der Waals surface area contributed by atoms with Gasteiger partial charge in [-0.25, -0.2) is 4.98 Å². The molecule has 0 aliphatic rings. The molecule has 0 saturated heterocycles. The fraction of sp³-hybridized carbons (Fsp3) is 0.273. The number of thiophene rings is 1. The average Bonchev–Trinajstić information content (AvgIpc) is 2.85. The first-order valence-electron chi connectivity index (χ1n) is 4.98. The Morgan fingerprint density at radius 1 is 1.56 bits per heavy atom. The highest BCUT2D eigenvalue weighted by Crippen LogP contribution is 2.23. The van der Waals surface area contributed by atoms with Crippen LogP contribution in [0.1, 0.15) is 13.8 Å². The van der Waals surface area contributed by atoms with E-state index in [1.807, 2.05) is 17.5 Å². The van der Waals surface area contributed by atoms with E-state index in [1.54, 1.807) is 23.1 Å². The molecule has 0 aromatic carbocycles. The number of H-pyrrole nitrogens is 1. The highest BCUT2D eigenvalue weighted by atomic mass is 32.2. The second kappa shape index (κ2) is 5.32. The van der Waals surface area contributed by atoms with Crippen LogP contribution in [0.2, 0.25) is 0 Å². The first kappa shape index (κ1) is 11.4. The van der Waals surface area contributed by atoms with Crippen LogP contribution in [0.15, 0.2) is 34.3 Å². The van der Waals surface area contributed by atoms with Crippen LogP contribution < -0.4 is 0 Å². The van der Waals surface area contributed by atoms with Crippen LogP contribution in [0.5, 0.6) is 0 Å². The molecule has 2 aromatic rings. The van der Waals surface area contributed by atoms with Gasteiger partial charge in [-0.2, -0.15) is 0 Å². The molecule has 2 aromatic heterocycles. The fourth-order valence-corrected chi connectivity index (χ4v) is 2.61. The topological polar surface area (TPSA) is 41.6 Å². The Morgan fingerprint density at radius 3 is 3.12 bits per heavy atom. The predicted octanol–water partition coefficient (Wildman–Crippen LogP) is 3.59. The largest absolute Gasteiger partial charge is 0.257 e. The molecule has 0 amide bonds. The summed E-state index contributed by atoms with van der Waals surface area (Å²) in [5.74, 6) is 1.78. The Hall–Kier alpha value is -1.07. The zero-order chi connectivity index (χ0) is 11.4. The molecule has 0 bridgehead atoms. The summed E-state index contributed by atoms with van der Waals surface area (Å²) in [6.07, 6.45) is 2.17. The molecule has 5 heteroatoms. The highest BCUT2D eigenvalue weighted by Gasteiger charge is 2.05. The van der Waals surface area contributed by atoms with E-state index in [2.05, 4.69) is 35.1 Å². The van der Waals surface area contributed by atoms with Gasteiger partial charge in [-0.15, -0.1) is 16.4 Å². The summed E-state index contributed by atoms with van der Waals surface area (Å²) in [4.78, 5) is 5.55. The summed E-state index contributed by atoms with van der Waals surface area (Å²) in [7, 11) is 0. The van der Waals surface area contributed by atoms with E-state index in [9.17, 15) is 0 Å². The molecule has 2 heterocycles. The first-order chi connectivity index (χ1) is 7.75. The Labute approximate surface area is 103 Å². The SMILES string of the molecule is CC(C)=CCSc1n[nH]c(-c2cccs2)n1. The van der Waals surface area contributed by atoms with Crippen molar-refractivity contribution >= 4 is 23.1 Å². The van der Waals surface area contributed by atoms with E-state index in [4.69, 9.17) is 0 Å². The highest BCUT2D eigenvalue weighted by molar-refractivity contribution is 7.99. The van der Waals surface area contributed by atoms with E-state index in [1.165, 1.54) is 5.57 Å². The van der Waals surface area contributed by atoms with Crippen molar-refractivity contribution in [2.24, 2.45) is 0 Å². The number of allylic oxidation sites excluding steroid dienone is 1. The van der Waals surface area contributed by atoms with Crippen molar-refractivity contribution in [1.82, 2.24) is 15.2 Å². The number of thioether (sulfide) groups is 1. The zero-order valence-electron chi connectivity index (χ0n) is 9.23. The smallest absolute Gasteiger partial charge is 0.209 e. The summed E-state index contributed by atoms with van der Waals surface area (Å²) in [6, 6.07) is 4.05. The number of aromatic amines is 1. The van der Waals surface area contributed by atoms with Crippen LogP contribution >= 0.6 is 23.1 Å². The second-order valence-electron chi connectivity index (χ2n) is 3.54. The molecule has 0 atom stereocenters. The number of aromatic nitrogens is 3. The van der Waals surface area contributed by atoms with Gasteiger partial charge in [0.2, 0.25) is 5.16 Å². The molecular formula is C11H13N3S2. The number of hydrogen-bond acceptors (Lipinski definition) is 4. The number of rotatable bonds is 4. The van der Waals surface area contributed by atoms with Crippen LogP contribution in [0.3, 0.4) is 0 Å². The summed E-state index contributed by atoms with van der Waals surface area (Å²) in [5.41, 5.74) is 1.32. The molecule has 2 rings (SSSR count). The molecule has 3 nitrogen and oxygen atoms in total.